The number of aromatic nitrogens is 2. The lowest BCUT2D eigenvalue weighted by atomic mass is 10.1. The number of hydrogen-bond acceptors (Lipinski definition) is 4. The Morgan fingerprint density at radius 3 is 3.00 bits per heavy atom. The highest BCUT2D eigenvalue weighted by atomic mass is 16.4. The third kappa shape index (κ3) is 2.14. The van der Waals surface area contributed by atoms with Crippen LogP contribution in [0.5, 0.6) is 0 Å². The number of carbonyl (C=O) groups excluding carboxylic acids is 1. The molecule has 1 amide bonds. The van der Waals surface area contributed by atoms with Crippen molar-refractivity contribution in [2.24, 2.45) is 5.73 Å². The van der Waals surface area contributed by atoms with E-state index in [-0.39, 0.29) is 5.91 Å². The van der Waals surface area contributed by atoms with E-state index >= 15 is 0 Å². The lowest BCUT2D eigenvalue weighted by molar-refractivity contribution is -0.148. The van der Waals surface area contributed by atoms with Gasteiger partial charge in [-0.1, -0.05) is 0 Å². The number of H-pyrrole nitrogens is 1. The van der Waals surface area contributed by atoms with Gasteiger partial charge >= 0.3 is 5.97 Å². The van der Waals surface area contributed by atoms with E-state index in [4.69, 9.17) is 10.8 Å². The van der Waals surface area contributed by atoms with Crippen LogP contribution in [0.3, 0.4) is 0 Å². The highest BCUT2D eigenvalue weighted by Gasteiger charge is 2.36. The second-order valence-electron chi connectivity index (χ2n) is 4.00. The van der Waals surface area contributed by atoms with Crippen LogP contribution in [0.15, 0.2) is 12.5 Å². The summed E-state index contributed by atoms with van der Waals surface area (Å²) in [5.41, 5.74) is 6.18. The Bertz CT molecular complexity index is 417. The SMILES string of the molecule is N[C@H](C(=O)N1CCC[C@H]1C(=O)O)c1c[nH]cn1. The molecule has 1 aliphatic rings. The second kappa shape index (κ2) is 4.54. The molecule has 4 N–H and O–H groups in total. The summed E-state index contributed by atoms with van der Waals surface area (Å²) in [5.74, 6) is -1.37. The molecule has 7 nitrogen and oxygen atoms in total. The molecule has 0 radical (unpaired) electrons. The minimum atomic E-state index is -0.981. The number of amides is 1. The van der Waals surface area contributed by atoms with Crippen LogP contribution in [0.1, 0.15) is 24.6 Å². The molecule has 1 saturated heterocycles. The molecular formula is C10H14N4O3. The first kappa shape index (κ1) is 11.6. The summed E-state index contributed by atoms with van der Waals surface area (Å²) in [5, 5.41) is 8.99. The summed E-state index contributed by atoms with van der Waals surface area (Å²) in [7, 11) is 0. The maximum absolute atomic E-state index is 12.0. The molecule has 2 atom stereocenters. The molecule has 0 aliphatic carbocycles. The van der Waals surface area contributed by atoms with Crippen LogP contribution in [0.25, 0.3) is 0 Å². The summed E-state index contributed by atoms with van der Waals surface area (Å²) in [6.07, 6.45) is 4.14. The molecule has 1 aliphatic heterocycles. The summed E-state index contributed by atoms with van der Waals surface area (Å²) in [6, 6.07) is -1.66. The van der Waals surface area contributed by atoms with Crippen LogP contribution in [0, 0.1) is 0 Å². The van der Waals surface area contributed by atoms with Crippen LogP contribution in [-0.2, 0) is 9.59 Å². The number of likely N-dealkylation sites (tertiary alicyclic amines) is 1. The van der Waals surface area contributed by atoms with Gasteiger partial charge in [-0.05, 0) is 12.8 Å². The van der Waals surface area contributed by atoms with Gasteiger partial charge in [-0.25, -0.2) is 9.78 Å². The molecule has 1 fully saturated rings. The van der Waals surface area contributed by atoms with Gasteiger partial charge < -0.3 is 20.7 Å². The maximum Gasteiger partial charge on any atom is 0.326 e. The first-order valence-electron chi connectivity index (χ1n) is 5.39. The van der Waals surface area contributed by atoms with E-state index < -0.39 is 18.1 Å². The van der Waals surface area contributed by atoms with Crippen molar-refractivity contribution in [2.75, 3.05) is 6.54 Å². The number of hydrogen-bond donors (Lipinski definition) is 3. The highest BCUT2D eigenvalue weighted by molar-refractivity contribution is 5.87. The molecular weight excluding hydrogens is 224 g/mol. The Kier molecular flexibility index (Phi) is 3.10. The monoisotopic (exact) mass is 238 g/mol. The number of carboxylic acid groups (broad SMARTS) is 1. The molecule has 1 aromatic heterocycles. The highest BCUT2D eigenvalue weighted by Crippen LogP contribution is 2.21. The van der Waals surface area contributed by atoms with E-state index in [9.17, 15) is 9.59 Å². The van der Waals surface area contributed by atoms with E-state index in [0.29, 0.717) is 25.1 Å². The van der Waals surface area contributed by atoms with Crippen LogP contribution in [0.2, 0.25) is 0 Å². The number of rotatable bonds is 3. The number of nitrogens with zero attached hydrogens (tertiary/aromatic N) is 2. The molecule has 7 heteroatoms. The van der Waals surface area contributed by atoms with E-state index in [0.717, 1.165) is 0 Å². The maximum atomic E-state index is 12.0. The quantitative estimate of drug-likeness (QED) is 0.656. The molecule has 0 unspecified atom stereocenters. The van der Waals surface area contributed by atoms with Crippen molar-refractivity contribution in [3.8, 4) is 0 Å². The smallest absolute Gasteiger partial charge is 0.326 e. The van der Waals surface area contributed by atoms with Gasteiger partial charge in [0.2, 0.25) is 5.91 Å². The van der Waals surface area contributed by atoms with Crippen molar-refractivity contribution in [1.82, 2.24) is 14.9 Å². The largest absolute Gasteiger partial charge is 0.480 e. The summed E-state index contributed by atoms with van der Waals surface area (Å²) >= 11 is 0. The van der Waals surface area contributed by atoms with Gasteiger partial charge in [-0.15, -0.1) is 0 Å². The predicted molar refractivity (Wildman–Crippen MR) is 57.9 cm³/mol. The topological polar surface area (TPSA) is 112 Å². The van der Waals surface area contributed by atoms with Gasteiger partial charge in [0.05, 0.1) is 12.0 Å². The van der Waals surface area contributed by atoms with Crippen molar-refractivity contribution >= 4 is 11.9 Å². The number of imidazole rings is 1. The first-order valence-corrected chi connectivity index (χ1v) is 5.39. The fourth-order valence-electron chi connectivity index (χ4n) is 2.03. The summed E-state index contributed by atoms with van der Waals surface area (Å²) in [4.78, 5) is 30.9. The summed E-state index contributed by atoms with van der Waals surface area (Å²) in [6.45, 7) is 0.438. The minimum Gasteiger partial charge on any atom is -0.480 e. The third-order valence-corrected chi connectivity index (χ3v) is 2.93. The predicted octanol–water partition coefficient (Wildman–Crippen LogP) is -0.515. The average molecular weight is 238 g/mol. The van der Waals surface area contributed by atoms with Crippen LogP contribution >= 0.6 is 0 Å². The van der Waals surface area contributed by atoms with E-state index in [2.05, 4.69) is 9.97 Å². The number of carboxylic acids is 1. The van der Waals surface area contributed by atoms with Gasteiger partial charge in [0.25, 0.3) is 0 Å². The van der Waals surface area contributed by atoms with Gasteiger partial charge in [-0.2, -0.15) is 0 Å². The van der Waals surface area contributed by atoms with E-state index in [1.807, 2.05) is 0 Å². The van der Waals surface area contributed by atoms with Crippen molar-refractivity contribution in [3.63, 3.8) is 0 Å². The van der Waals surface area contributed by atoms with Gasteiger partial charge in [0, 0.05) is 12.7 Å². The van der Waals surface area contributed by atoms with Crippen molar-refractivity contribution in [3.05, 3.63) is 18.2 Å². The van der Waals surface area contributed by atoms with Crippen molar-refractivity contribution < 1.29 is 14.7 Å². The fraction of sp³-hybridized carbons (Fsp3) is 0.500. The Hall–Kier alpha value is -1.89. The molecule has 17 heavy (non-hydrogen) atoms. The molecule has 0 bridgehead atoms. The summed E-state index contributed by atoms with van der Waals surface area (Å²) < 4.78 is 0. The van der Waals surface area contributed by atoms with Crippen LogP contribution in [0.4, 0.5) is 0 Å². The van der Waals surface area contributed by atoms with Gasteiger partial charge in [0.15, 0.2) is 0 Å². The Morgan fingerprint density at radius 2 is 2.41 bits per heavy atom. The average Bonchev–Trinajstić information content (AvgIpc) is 2.97. The molecule has 0 saturated carbocycles. The molecule has 0 aromatic carbocycles. The number of nitrogens with one attached hydrogen (secondary N) is 1. The van der Waals surface area contributed by atoms with E-state index in [1.165, 1.54) is 17.4 Å². The molecule has 92 valence electrons. The number of carbonyl (C=O) groups is 2. The zero-order valence-corrected chi connectivity index (χ0v) is 9.17. The zero-order valence-electron chi connectivity index (χ0n) is 9.17. The fourth-order valence-corrected chi connectivity index (χ4v) is 2.03. The minimum absolute atomic E-state index is 0.387. The van der Waals surface area contributed by atoms with Crippen molar-refractivity contribution in [2.45, 2.75) is 24.9 Å². The Morgan fingerprint density at radius 1 is 1.65 bits per heavy atom. The van der Waals surface area contributed by atoms with Gasteiger partial charge in [-0.3, -0.25) is 4.79 Å². The lowest BCUT2D eigenvalue weighted by Crippen LogP contribution is -2.44. The van der Waals surface area contributed by atoms with E-state index in [1.54, 1.807) is 0 Å². The second-order valence-corrected chi connectivity index (χ2v) is 4.00. The Labute approximate surface area is 97.6 Å². The van der Waals surface area contributed by atoms with Crippen LogP contribution in [-0.4, -0.2) is 44.4 Å². The van der Waals surface area contributed by atoms with Crippen molar-refractivity contribution in [1.29, 1.82) is 0 Å². The normalized spacial score (nSPS) is 21.5. The van der Waals surface area contributed by atoms with Crippen LogP contribution < -0.4 is 5.73 Å². The first-order chi connectivity index (χ1) is 8.11. The van der Waals surface area contributed by atoms with Gasteiger partial charge in [0.1, 0.15) is 12.1 Å². The molecule has 2 heterocycles. The third-order valence-electron chi connectivity index (χ3n) is 2.93. The number of aliphatic carboxylic acids is 1. The number of nitrogens with two attached hydrogens (primary N) is 1. The molecule has 0 spiro atoms. The lowest BCUT2D eigenvalue weighted by Gasteiger charge is -2.23. The standard InChI is InChI=1S/C10H14N4O3/c11-8(6-4-12-5-13-6)9(15)14-3-1-2-7(14)10(16)17/h4-5,7-8H,1-3,11H2,(H,12,13)(H,16,17)/t7-,8-/m0/s1. The molecule has 2 rings (SSSR count). The number of aromatic amines is 1. The molecule has 1 aromatic rings. The Balaban J connectivity index is 2.12. The zero-order chi connectivity index (χ0) is 12.4.